The first-order valence-corrected chi connectivity index (χ1v) is 11.4. The number of rotatable bonds is 8. The van der Waals surface area contributed by atoms with E-state index in [9.17, 15) is 17.6 Å². The van der Waals surface area contributed by atoms with E-state index in [1.807, 2.05) is 20.0 Å². The standard InChI is InChI=1S/C24H25F4N7O2/c1-13-7-16(33(3)31-13)10-29-19-9-20(34-11-24(27,28)12-34)30-22-21(14(2)32-35(19)22)15-5-6-17(36-4)18(8-15)37-23(25)26/h5-9,23,29H,10-12H2,1-4H3. The highest BCUT2D eigenvalue weighted by Crippen LogP contribution is 2.38. The van der Waals surface area contributed by atoms with Gasteiger partial charge >= 0.3 is 6.61 Å². The van der Waals surface area contributed by atoms with E-state index in [-0.39, 0.29) is 11.5 Å². The van der Waals surface area contributed by atoms with Crippen LogP contribution in [0.25, 0.3) is 16.8 Å². The molecule has 13 heteroatoms. The number of fused-ring (bicyclic) bond motifs is 1. The molecule has 1 fully saturated rings. The molecule has 1 saturated heterocycles. The van der Waals surface area contributed by atoms with Gasteiger partial charge in [0.2, 0.25) is 0 Å². The highest BCUT2D eigenvalue weighted by Gasteiger charge is 2.44. The number of hydrogen-bond donors (Lipinski definition) is 1. The fourth-order valence-corrected chi connectivity index (χ4v) is 4.44. The quantitative estimate of drug-likeness (QED) is 0.345. The molecule has 0 aliphatic carbocycles. The van der Waals surface area contributed by atoms with Crippen LogP contribution in [0.4, 0.5) is 29.2 Å². The van der Waals surface area contributed by atoms with Gasteiger partial charge in [0.15, 0.2) is 17.1 Å². The SMILES string of the molecule is COc1ccc(-c2c(C)nn3c(NCc4cc(C)nn4C)cc(N4CC(F)(F)C4)nc23)cc1OC(F)F. The summed E-state index contributed by atoms with van der Waals surface area (Å²) in [7, 11) is 3.19. The Kier molecular flexibility index (Phi) is 6.08. The third-order valence-electron chi connectivity index (χ3n) is 6.14. The van der Waals surface area contributed by atoms with Gasteiger partial charge in [-0.3, -0.25) is 4.68 Å². The first-order valence-electron chi connectivity index (χ1n) is 11.4. The molecule has 0 radical (unpaired) electrons. The molecular weight excluding hydrogens is 494 g/mol. The van der Waals surface area contributed by atoms with Gasteiger partial charge in [0.05, 0.1) is 43.8 Å². The lowest BCUT2D eigenvalue weighted by Crippen LogP contribution is -2.56. The van der Waals surface area contributed by atoms with Crippen LogP contribution in [-0.4, -0.2) is 57.1 Å². The molecule has 0 atom stereocenters. The number of ether oxygens (including phenoxy) is 2. The molecule has 1 N–H and O–H groups in total. The van der Waals surface area contributed by atoms with E-state index in [4.69, 9.17) is 4.74 Å². The second-order valence-corrected chi connectivity index (χ2v) is 8.91. The maximum Gasteiger partial charge on any atom is 0.387 e. The molecule has 3 aromatic heterocycles. The van der Waals surface area contributed by atoms with Crippen molar-refractivity contribution >= 4 is 17.3 Å². The average molecular weight is 520 g/mol. The number of nitrogens with zero attached hydrogens (tertiary/aromatic N) is 6. The van der Waals surface area contributed by atoms with E-state index in [1.54, 1.807) is 28.3 Å². The van der Waals surface area contributed by atoms with Crippen LogP contribution in [0.5, 0.6) is 11.5 Å². The second kappa shape index (κ2) is 9.12. The molecule has 1 aliphatic heterocycles. The number of alkyl halides is 4. The normalized spacial score (nSPS) is 14.8. The first-order chi connectivity index (χ1) is 17.5. The highest BCUT2D eigenvalue weighted by molar-refractivity contribution is 5.83. The van der Waals surface area contributed by atoms with E-state index in [1.165, 1.54) is 24.1 Å². The van der Waals surface area contributed by atoms with Crippen LogP contribution in [0.3, 0.4) is 0 Å². The monoisotopic (exact) mass is 519 g/mol. The summed E-state index contributed by atoms with van der Waals surface area (Å²) in [5, 5.41) is 12.3. The van der Waals surface area contributed by atoms with Crippen molar-refractivity contribution in [2.75, 3.05) is 30.4 Å². The molecule has 4 aromatic rings. The van der Waals surface area contributed by atoms with Crippen LogP contribution in [0, 0.1) is 13.8 Å². The van der Waals surface area contributed by atoms with Gasteiger partial charge in [-0.25, -0.2) is 13.8 Å². The number of anilines is 2. The molecule has 0 saturated carbocycles. The summed E-state index contributed by atoms with van der Waals surface area (Å²) in [5.41, 5.74) is 3.77. The fraction of sp³-hybridized carbons (Fsp3) is 0.375. The molecule has 196 valence electrons. The summed E-state index contributed by atoms with van der Waals surface area (Å²) < 4.78 is 66.5. The van der Waals surface area contributed by atoms with Crippen molar-refractivity contribution < 1.29 is 27.0 Å². The maximum atomic E-state index is 13.7. The molecule has 0 unspecified atom stereocenters. The van der Waals surface area contributed by atoms with Crippen LogP contribution in [0.15, 0.2) is 30.3 Å². The van der Waals surface area contributed by atoms with Gasteiger partial charge in [0.1, 0.15) is 11.6 Å². The highest BCUT2D eigenvalue weighted by atomic mass is 19.3. The van der Waals surface area contributed by atoms with Crippen molar-refractivity contribution in [3.63, 3.8) is 0 Å². The van der Waals surface area contributed by atoms with E-state index >= 15 is 0 Å². The van der Waals surface area contributed by atoms with Crippen molar-refractivity contribution in [2.24, 2.45) is 7.05 Å². The van der Waals surface area contributed by atoms with Crippen LogP contribution in [0.1, 0.15) is 17.1 Å². The molecule has 0 bridgehead atoms. The Balaban J connectivity index is 1.61. The molecule has 5 rings (SSSR count). The average Bonchev–Trinajstić information content (AvgIpc) is 3.32. The van der Waals surface area contributed by atoms with Gasteiger partial charge in [0, 0.05) is 18.7 Å². The number of aryl methyl sites for hydroxylation is 3. The number of aromatic nitrogens is 5. The Morgan fingerprint density at radius 3 is 2.46 bits per heavy atom. The van der Waals surface area contributed by atoms with Crippen LogP contribution in [0.2, 0.25) is 0 Å². The van der Waals surface area contributed by atoms with Gasteiger partial charge in [-0.15, -0.1) is 0 Å². The Morgan fingerprint density at radius 1 is 1.08 bits per heavy atom. The van der Waals surface area contributed by atoms with Gasteiger partial charge in [-0.05, 0) is 37.6 Å². The molecule has 9 nitrogen and oxygen atoms in total. The minimum absolute atomic E-state index is 0.141. The molecular formula is C24H25F4N7O2. The van der Waals surface area contributed by atoms with Crippen LogP contribution in [-0.2, 0) is 13.6 Å². The topological polar surface area (TPSA) is 81.7 Å². The number of halogens is 4. The Bertz CT molecular complexity index is 1460. The van der Waals surface area contributed by atoms with Gasteiger partial charge in [-0.1, -0.05) is 6.07 Å². The van der Waals surface area contributed by atoms with Crippen molar-refractivity contribution in [1.82, 2.24) is 24.4 Å². The third-order valence-corrected chi connectivity index (χ3v) is 6.14. The van der Waals surface area contributed by atoms with Crippen molar-refractivity contribution in [1.29, 1.82) is 0 Å². The van der Waals surface area contributed by atoms with Crippen molar-refractivity contribution in [3.8, 4) is 22.6 Å². The molecule has 0 spiro atoms. The second-order valence-electron chi connectivity index (χ2n) is 8.91. The third kappa shape index (κ3) is 4.72. The van der Waals surface area contributed by atoms with E-state index in [0.717, 1.165) is 11.4 Å². The van der Waals surface area contributed by atoms with Crippen molar-refractivity contribution in [2.45, 2.75) is 32.9 Å². The summed E-state index contributed by atoms with van der Waals surface area (Å²) in [5.74, 6) is -1.91. The maximum absolute atomic E-state index is 13.7. The fourth-order valence-electron chi connectivity index (χ4n) is 4.44. The number of nitrogens with one attached hydrogen (secondary N) is 1. The minimum Gasteiger partial charge on any atom is -0.493 e. The smallest absolute Gasteiger partial charge is 0.387 e. The Hall–Kier alpha value is -4.03. The molecule has 1 aromatic carbocycles. The van der Waals surface area contributed by atoms with Gasteiger partial charge in [0.25, 0.3) is 5.92 Å². The van der Waals surface area contributed by atoms with Gasteiger partial charge < -0.3 is 19.7 Å². The molecule has 0 amide bonds. The van der Waals surface area contributed by atoms with E-state index < -0.39 is 25.6 Å². The summed E-state index contributed by atoms with van der Waals surface area (Å²) in [6.07, 6.45) is 0. The molecule has 4 heterocycles. The lowest BCUT2D eigenvalue weighted by Gasteiger charge is -2.39. The van der Waals surface area contributed by atoms with Gasteiger partial charge in [-0.2, -0.15) is 23.5 Å². The first kappa shape index (κ1) is 24.7. The minimum atomic E-state index is -3.04. The number of methoxy groups -OCH3 is 1. The largest absolute Gasteiger partial charge is 0.493 e. The number of benzene rings is 1. The lowest BCUT2D eigenvalue weighted by molar-refractivity contribution is -0.0511. The summed E-state index contributed by atoms with van der Waals surface area (Å²) >= 11 is 0. The Labute approximate surface area is 209 Å². The number of hydrogen-bond acceptors (Lipinski definition) is 7. The predicted molar refractivity (Wildman–Crippen MR) is 129 cm³/mol. The summed E-state index contributed by atoms with van der Waals surface area (Å²) in [6, 6.07) is 8.22. The lowest BCUT2D eigenvalue weighted by atomic mass is 10.1. The zero-order chi connectivity index (χ0) is 26.5. The van der Waals surface area contributed by atoms with Crippen molar-refractivity contribution in [3.05, 3.63) is 47.4 Å². The Morgan fingerprint density at radius 2 is 1.84 bits per heavy atom. The molecule has 1 aliphatic rings. The molecule has 37 heavy (non-hydrogen) atoms. The van der Waals surface area contributed by atoms with Crippen LogP contribution < -0.4 is 19.7 Å². The predicted octanol–water partition coefficient (Wildman–Crippen LogP) is 4.42. The van der Waals surface area contributed by atoms with E-state index in [0.29, 0.717) is 40.6 Å². The summed E-state index contributed by atoms with van der Waals surface area (Å²) in [6.45, 7) is 0.101. The summed E-state index contributed by atoms with van der Waals surface area (Å²) in [4.78, 5) is 6.12. The zero-order valence-electron chi connectivity index (χ0n) is 20.6. The zero-order valence-corrected chi connectivity index (χ0v) is 20.6. The van der Waals surface area contributed by atoms with Crippen LogP contribution >= 0.6 is 0 Å². The van der Waals surface area contributed by atoms with E-state index in [2.05, 4.69) is 25.2 Å².